The average molecular weight is 276 g/mol. The van der Waals surface area contributed by atoms with Gasteiger partial charge in [0.1, 0.15) is 0 Å². The van der Waals surface area contributed by atoms with E-state index in [1.807, 2.05) is 0 Å². The van der Waals surface area contributed by atoms with Crippen molar-refractivity contribution in [2.75, 3.05) is 32.7 Å². The summed E-state index contributed by atoms with van der Waals surface area (Å²) < 4.78 is 0. The van der Waals surface area contributed by atoms with E-state index in [0.717, 1.165) is 51.0 Å². The molecule has 0 bridgehead atoms. The number of carbonyl (C=O) groups excluding carboxylic acids is 1. The molecule has 0 N–H and O–H groups in total. The standard InChI is InChI=1S/C17H28N2O/c1-13(2)9-18-8-7-16(10-18)17(20)19-11-14-5-3-4-6-15(14)12-19/h3-4,13-16H,5-12H2,1-2H3. The Morgan fingerprint density at radius 1 is 1.15 bits per heavy atom. The summed E-state index contributed by atoms with van der Waals surface area (Å²) >= 11 is 0. The van der Waals surface area contributed by atoms with Gasteiger partial charge in [-0.2, -0.15) is 0 Å². The molecule has 2 saturated heterocycles. The summed E-state index contributed by atoms with van der Waals surface area (Å²) in [4.78, 5) is 17.3. The van der Waals surface area contributed by atoms with Crippen LogP contribution in [0.5, 0.6) is 0 Å². The van der Waals surface area contributed by atoms with Crippen molar-refractivity contribution in [1.82, 2.24) is 9.80 Å². The van der Waals surface area contributed by atoms with Crippen LogP contribution in [-0.4, -0.2) is 48.4 Å². The first-order chi connectivity index (χ1) is 9.63. The van der Waals surface area contributed by atoms with Crippen LogP contribution in [0.15, 0.2) is 12.2 Å². The highest BCUT2D eigenvalue weighted by Gasteiger charge is 2.39. The lowest BCUT2D eigenvalue weighted by Crippen LogP contribution is -2.36. The van der Waals surface area contributed by atoms with Crippen LogP contribution in [0.2, 0.25) is 0 Å². The molecular formula is C17H28N2O. The molecule has 0 aromatic rings. The Kier molecular flexibility index (Phi) is 4.16. The number of amides is 1. The van der Waals surface area contributed by atoms with Gasteiger partial charge in [0.25, 0.3) is 0 Å². The van der Waals surface area contributed by atoms with E-state index in [-0.39, 0.29) is 5.92 Å². The van der Waals surface area contributed by atoms with E-state index in [1.165, 1.54) is 12.8 Å². The van der Waals surface area contributed by atoms with Crippen molar-refractivity contribution in [1.29, 1.82) is 0 Å². The van der Waals surface area contributed by atoms with Gasteiger partial charge in [-0.15, -0.1) is 0 Å². The monoisotopic (exact) mass is 276 g/mol. The maximum atomic E-state index is 12.7. The second-order valence-electron chi connectivity index (χ2n) is 7.35. The summed E-state index contributed by atoms with van der Waals surface area (Å²) in [6, 6.07) is 0. The van der Waals surface area contributed by atoms with Gasteiger partial charge in [-0.1, -0.05) is 26.0 Å². The Morgan fingerprint density at radius 3 is 2.40 bits per heavy atom. The molecule has 1 aliphatic carbocycles. The van der Waals surface area contributed by atoms with Crippen molar-refractivity contribution >= 4 is 5.91 Å². The fourth-order valence-corrected chi connectivity index (χ4v) is 4.17. The molecule has 3 nitrogen and oxygen atoms in total. The zero-order valence-electron chi connectivity index (χ0n) is 12.9. The zero-order chi connectivity index (χ0) is 14.1. The van der Waals surface area contributed by atoms with Crippen molar-refractivity contribution in [3.63, 3.8) is 0 Å². The number of hydrogen-bond acceptors (Lipinski definition) is 2. The molecule has 3 unspecified atom stereocenters. The molecular weight excluding hydrogens is 248 g/mol. The van der Waals surface area contributed by atoms with Gasteiger partial charge >= 0.3 is 0 Å². The molecule has 3 aliphatic rings. The Balaban J connectivity index is 1.53. The van der Waals surface area contributed by atoms with Crippen LogP contribution < -0.4 is 0 Å². The molecule has 2 aliphatic heterocycles. The van der Waals surface area contributed by atoms with E-state index in [2.05, 4.69) is 35.8 Å². The molecule has 3 heteroatoms. The fourth-order valence-electron chi connectivity index (χ4n) is 4.17. The van der Waals surface area contributed by atoms with Crippen LogP contribution in [0.3, 0.4) is 0 Å². The molecule has 1 amide bonds. The number of likely N-dealkylation sites (tertiary alicyclic amines) is 2. The van der Waals surface area contributed by atoms with E-state index in [9.17, 15) is 4.79 Å². The quantitative estimate of drug-likeness (QED) is 0.739. The second kappa shape index (κ2) is 5.88. The largest absolute Gasteiger partial charge is 0.342 e. The molecule has 0 spiro atoms. The number of rotatable bonds is 3. The van der Waals surface area contributed by atoms with Gasteiger partial charge in [-0.05, 0) is 43.6 Å². The van der Waals surface area contributed by atoms with Crippen molar-refractivity contribution in [2.45, 2.75) is 33.1 Å². The van der Waals surface area contributed by atoms with Crippen molar-refractivity contribution < 1.29 is 4.79 Å². The summed E-state index contributed by atoms with van der Waals surface area (Å²) in [5, 5.41) is 0. The lowest BCUT2D eigenvalue weighted by molar-refractivity contribution is -0.134. The third-order valence-corrected chi connectivity index (χ3v) is 5.18. The number of fused-ring (bicyclic) bond motifs is 1. The molecule has 2 heterocycles. The van der Waals surface area contributed by atoms with E-state index >= 15 is 0 Å². The topological polar surface area (TPSA) is 23.6 Å². The Bertz CT molecular complexity index is 374. The number of hydrogen-bond donors (Lipinski definition) is 0. The molecule has 3 rings (SSSR count). The van der Waals surface area contributed by atoms with E-state index < -0.39 is 0 Å². The third kappa shape index (κ3) is 2.93. The lowest BCUT2D eigenvalue weighted by Gasteiger charge is -2.22. The van der Waals surface area contributed by atoms with Gasteiger partial charge in [0.15, 0.2) is 0 Å². The predicted molar refractivity (Wildman–Crippen MR) is 81.3 cm³/mol. The van der Waals surface area contributed by atoms with Crippen molar-refractivity contribution in [2.24, 2.45) is 23.7 Å². The third-order valence-electron chi connectivity index (χ3n) is 5.18. The minimum Gasteiger partial charge on any atom is -0.342 e. The highest BCUT2D eigenvalue weighted by Crippen LogP contribution is 2.34. The minimum absolute atomic E-state index is 0.266. The van der Waals surface area contributed by atoms with Crippen molar-refractivity contribution in [3.8, 4) is 0 Å². The second-order valence-corrected chi connectivity index (χ2v) is 7.35. The molecule has 0 aromatic heterocycles. The maximum absolute atomic E-state index is 12.7. The summed E-state index contributed by atoms with van der Waals surface area (Å²) in [7, 11) is 0. The molecule has 0 saturated carbocycles. The molecule has 0 aromatic carbocycles. The van der Waals surface area contributed by atoms with Crippen molar-refractivity contribution in [3.05, 3.63) is 12.2 Å². The zero-order valence-corrected chi connectivity index (χ0v) is 12.9. The van der Waals surface area contributed by atoms with E-state index in [1.54, 1.807) is 0 Å². The predicted octanol–water partition coefficient (Wildman–Crippen LogP) is 2.39. The number of carbonyl (C=O) groups is 1. The molecule has 20 heavy (non-hydrogen) atoms. The SMILES string of the molecule is CC(C)CN1CCC(C(=O)N2CC3CC=CCC3C2)C1. The van der Waals surface area contributed by atoms with Crippen LogP contribution in [0.25, 0.3) is 0 Å². The summed E-state index contributed by atoms with van der Waals surface area (Å²) in [5.41, 5.74) is 0. The normalized spacial score (nSPS) is 34.0. The van der Waals surface area contributed by atoms with Crippen LogP contribution in [-0.2, 0) is 4.79 Å². The first kappa shape index (κ1) is 14.1. The molecule has 0 radical (unpaired) electrons. The van der Waals surface area contributed by atoms with E-state index in [0.29, 0.717) is 11.8 Å². The first-order valence-corrected chi connectivity index (χ1v) is 8.29. The smallest absolute Gasteiger partial charge is 0.227 e. The molecule has 112 valence electrons. The summed E-state index contributed by atoms with van der Waals surface area (Å²) in [5.74, 6) is 2.87. The van der Waals surface area contributed by atoms with Crippen LogP contribution in [0, 0.1) is 23.7 Å². The Labute approximate surface area is 123 Å². The summed E-state index contributed by atoms with van der Waals surface area (Å²) in [6.07, 6.45) is 8.02. The summed E-state index contributed by atoms with van der Waals surface area (Å²) in [6.45, 7) is 9.76. The molecule has 2 fully saturated rings. The van der Waals surface area contributed by atoms with Crippen LogP contribution in [0.1, 0.15) is 33.1 Å². The highest BCUT2D eigenvalue weighted by atomic mass is 16.2. The first-order valence-electron chi connectivity index (χ1n) is 8.29. The Hall–Kier alpha value is -0.830. The Morgan fingerprint density at radius 2 is 1.80 bits per heavy atom. The van der Waals surface area contributed by atoms with Crippen LogP contribution in [0.4, 0.5) is 0 Å². The van der Waals surface area contributed by atoms with E-state index in [4.69, 9.17) is 0 Å². The van der Waals surface area contributed by atoms with Gasteiger partial charge in [0.2, 0.25) is 5.91 Å². The fraction of sp³-hybridized carbons (Fsp3) is 0.824. The lowest BCUT2D eigenvalue weighted by atomic mass is 9.86. The number of allylic oxidation sites excluding steroid dienone is 2. The van der Waals surface area contributed by atoms with Crippen LogP contribution >= 0.6 is 0 Å². The van der Waals surface area contributed by atoms with Gasteiger partial charge in [-0.3, -0.25) is 4.79 Å². The minimum atomic E-state index is 0.266. The van der Waals surface area contributed by atoms with Gasteiger partial charge in [-0.25, -0.2) is 0 Å². The number of nitrogens with zero attached hydrogens (tertiary/aromatic N) is 2. The maximum Gasteiger partial charge on any atom is 0.227 e. The average Bonchev–Trinajstić information content (AvgIpc) is 3.03. The van der Waals surface area contributed by atoms with Gasteiger partial charge < -0.3 is 9.80 Å². The molecule has 3 atom stereocenters. The highest BCUT2D eigenvalue weighted by molar-refractivity contribution is 5.79. The van der Waals surface area contributed by atoms with Gasteiger partial charge in [0.05, 0.1) is 5.92 Å². The van der Waals surface area contributed by atoms with Gasteiger partial charge in [0, 0.05) is 26.2 Å².